The largest absolute Gasteiger partial charge is 0.335 e. The molecule has 3 rings (SSSR count). The fraction of sp³-hybridized carbons (Fsp3) is 0.400. The van der Waals surface area contributed by atoms with Crippen molar-refractivity contribution in [3.8, 4) is 0 Å². The van der Waals surface area contributed by atoms with Gasteiger partial charge in [-0.1, -0.05) is 18.2 Å². The number of nitrogens with zero attached hydrogens (tertiary/aromatic N) is 3. The van der Waals surface area contributed by atoms with Gasteiger partial charge < -0.3 is 4.90 Å². The average Bonchev–Trinajstić information content (AvgIpc) is 2.63. The number of hydrogen-bond donors (Lipinski definition) is 0. The third-order valence-corrected chi connectivity index (χ3v) is 4.64. The van der Waals surface area contributed by atoms with Crippen LogP contribution in [0.1, 0.15) is 36.6 Å². The van der Waals surface area contributed by atoms with Crippen molar-refractivity contribution in [3.05, 3.63) is 65.7 Å². The number of carbonyl (C=O) groups excluding carboxylic acids is 1. The summed E-state index contributed by atoms with van der Waals surface area (Å²) in [5.74, 6) is -0.125. The van der Waals surface area contributed by atoms with Crippen molar-refractivity contribution >= 4 is 5.91 Å². The Balaban J connectivity index is 1.65. The van der Waals surface area contributed by atoms with Gasteiger partial charge in [0.25, 0.3) is 0 Å². The Morgan fingerprint density at radius 2 is 2.04 bits per heavy atom. The van der Waals surface area contributed by atoms with Crippen molar-refractivity contribution < 1.29 is 9.18 Å². The molecule has 1 aliphatic rings. The van der Waals surface area contributed by atoms with Gasteiger partial charge in [0.05, 0.1) is 18.3 Å². The fourth-order valence-corrected chi connectivity index (χ4v) is 3.41. The number of carbonyl (C=O) groups is 1. The molecule has 2 heterocycles. The highest BCUT2D eigenvalue weighted by molar-refractivity contribution is 5.79. The molecule has 4 nitrogen and oxygen atoms in total. The van der Waals surface area contributed by atoms with Gasteiger partial charge in [-0.05, 0) is 56.1 Å². The predicted molar refractivity (Wildman–Crippen MR) is 95.3 cm³/mol. The third-order valence-electron chi connectivity index (χ3n) is 4.64. The van der Waals surface area contributed by atoms with Gasteiger partial charge in [-0.2, -0.15) is 0 Å². The number of pyridine rings is 1. The van der Waals surface area contributed by atoms with Crippen molar-refractivity contribution in [2.24, 2.45) is 0 Å². The normalized spacial score (nSPS) is 17.7. The Hall–Kier alpha value is -2.27. The van der Waals surface area contributed by atoms with Crippen LogP contribution in [-0.2, 0) is 11.3 Å². The number of likely N-dealkylation sites (tertiary alicyclic amines) is 1. The van der Waals surface area contributed by atoms with E-state index < -0.39 is 0 Å². The quantitative estimate of drug-likeness (QED) is 0.836. The molecule has 25 heavy (non-hydrogen) atoms. The van der Waals surface area contributed by atoms with Crippen LogP contribution >= 0.6 is 0 Å². The van der Waals surface area contributed by atoms with E-state index in [1.165, 1.54) is 12.1 Å². The zero-order chi connectivity index (χ0) is 17.6. The van der Waals surface area contributed by atoms with Crippen LogP contribution < -0.4 is 0 Å². The zero-order valence-electron chi connectivity index (χ0n) is 14.6. The highest BCUT2D eigenvalue weighted by Crippen LogP contribution is 2.31. The van der Waals surface area contributed by atoms with E-state index in [2.05, 4.69) is 4.98 Å². The van der Waals surface area contributed by atoms with E-state index in [-0.39, 0.29) is 17.8 Å². The van der Waals surface area contributed by atoms with Crippen LogP contribution in [0.4, 0.5) is 4.39 Å². The molecule has 5 heteroatoms. The Morgan fingerprint density at radius 1 is 1.24 bits per heavy atom. The summed E-state index contributed by atoms with van der Waals surface area (Å²) < 4.78 is 13.2. The Labute approximate surface area is 148 Å². The number of benzene rings is 1. The summed E-state index contributed by atoms with van der Waals surface area (Å²) >= 11 is 0. The monoisotopic (exact) mass is 341 g/mol. The van der Waals surface area contributed by atoms with Crippen LogP contribution in [-0.4, -0.2) is 40.8 Å². The molecule has 2 aromatic rings. The topological polar surface area (TPSA) is 36.4 Å². The molecule has 0 saturated carbocycles. The van der Waals surface area contributed by atoms with E-state index in [9.17, 15) is 9.18 Å². The maximum absolute atomic E-state index is 13.2. The van der Waals surface area contributed by atoms with Gasteiger partial charge in [-0.15, -0.1) is 0 Å². The van der Waals surface area contributed by atoms with Gasteiger partial charge in [0.1, 0.15) is 5.82 Å². The Kier molecular flexibility index (Phi) is 5.76. The summed E-state index contributed by atoms with van der Waals surface area (Å²) in [5.41, 5.74) is 1.97. The first kappa shape index (κ1) is 17.5. The molecule has 1 aromatic heterocycles. The van der Waals surface area contributed by atoms with Crippen LogP contribution in [0.3, 0.4) is 0 Å². The molecule has 0 radical (unpaired) electrons. The summed E-state index contributed by atoms with van der Waals surface area (Å²) in [6.45, 7) is 1.76. The molecule has 1 atom stereocenters. The fourth-order valence-electron chi connectivity index (χ4n) is 3.41. The van der Waals surface area contributed by atoms with Crippen LogP contribution in [0, 0.1) is 5.82 Å². The zero-order valence-corrected chi connectivity index (χ0v) is 14.6. The number of amides is 1. The number of likely N-dealkylation sites (N-methyl/N-ethyl adjacent to an activating group) is 1. The lowest BCUT2D eigenvalue weighted by atomic mass is 9.95. The molecule has 1 aromatic carbocycles. The third kappa shape index (κ3) is 4.63. The molecule has 1 fully saturated rings. The van der Waals surface area contributed by atoms with E-state index in [1.807, 2.05) is 35.0 Å². The summed E-state index contributed by atoms with van der Waals surface area (Å²) in [7, 11) is 1.93. The SMILES string of the molecule is CN(CC(=O)N1CCCCC1c1ccc(F)cc1)Cc1ccccn1. The van der Waals surface area contributed by atoms with E-state index in [0.29, 0.717) is 13.1 Å². The summed E-state index contributed by atoms with van der Waals surface area (Å²) in [6.07, 6.45) is 4.81. The number of halogens is 1. The molecule has 1 saturated heterocycles. The van der Waals surface area contributed by atoms with Gasteiger partial charge in [-0.3, -0.25) is 14.7 Å². The van der Waals surface area contributed by atoms with Crippen LogP contribution in [0.15, 0.2) is 48.7 Å². The van der Waals surface area contributed by atoms with Crippen molar-refractivity contribution in [1.82, 2.24) is 14.8 Å². The molecule has 0 N–H and O–H groups in total. The molecular weight excluding hydrogens is 317 g/mol. The minimum atomic E-state index is -0.243. The molecule has 1 aliphatic heterocycles. The van der Waals surface area contributed by atoms with Crippen molar-refractivity contribution in [2.45, 2.75) is 31.8 Å². The van der Waals surface area contributed by atoms with Crippen molar-refractivity contribution in [1.29, 1.82) is 0 Å². The maximum atomic E-state index is 13.2. The van der Waals surface area contributed by atoms with Gasteiger partial charge in [0.2, 0.25) is 5.91 Å². The highest BCUT2D eigenvalue weighted by Gasteiger charge is 2.28. The average molecular weight is 341 g/mol. The number of aromatic nitrogens is 1. The van der Waals surface area contributed by atoms with Gasteiger partial charge in [0, 0.05) is 19.3 Å². The second-order valence-corrected chi connectivity index (χ2v) is 6.64. The lowest BCUT2D eigenvalue weighted by Crippen LogP contribution is -2.43. The molecule has 1 unspecified atom stereocenters. The van der Waals surface area contributed by atoms with E-state index in [0.717, 1.165) is 37.1 Å². The maximum Gasteiger partial charge on any atom is 0.237 e. The van der Waals surface area contributed by atoms with Crippen molar-refractivity contribution in [2.75, 3.05) is 20.1 Å². The predicted octanol–water partition coefficient (Wildman–Crippen LogP) is 3.41. The number of piperidine rings is 1. The molecule has 0 bridgehead atoms. The lowest BCUT2D eigenvalue weighted by molar-refractivity contribution is -0.136. The summed E-state index contributed by atoms with van der Waals surface area (Å²) in [5, 5.41) is 0. The molecular formula is C20H24FN3O. The summed E-state index contributed by atoms with van der Waals surface area (Å²) in [6, 6.07) is 12.4. The second-order valence-electron chi connectivity index (χ2n) is 6.64. The second kappa shape index (κ2) is 8.21. The van der Waals surface area contributed by atoms with E-state index in [1.54, 1.807) is 18.3 Å². The Bertz CT molecular complexity index is 690. The minimum absolute atomic E-state index is 0.0464. The van der Waals surface area contributed by atoms with Crippen molar-refractivity contribution in [3.63, 3.8) is 0 Å². The summed E-state index contributed by atoms with van der Waals surface area (Å²) in [4.78, 5) is 21.1. The molecule has 132 valence electrons. The first-order valence-electron chi connectivity index (χ1n) is 8.77. The van der Waals surface area contributed by atoms with Gasteiger partial charge >= 0.3 is 0 Å². The lowest BCUT2D eigenvalue weighted by Gasteiger charge is -2.37. The van der Waals surface area contributed by atoms with Crippen LogP contribution in [0.25, 0.3) is 0 Å². The Morgan fingerprint density at radius 3 is 2.76 bits per heavy atom. The molecule has 0 spiro atoms. The standard InChI is InChI=1S/C20H24FN3O/c1-23(14-18-6-2-4-12-22-18)15-20(25)24-13-5-3-7-19(24)16-8-10-17(21)11-9-16/h2,4,6,8-12,19H,3,5,7,13-15H2,1H3. The smallest absolute Gasteiger partial charge is 0.237 e. The highest BCUT2D eigenvalue weighted by atomic mass is 19.1. The molecule has 0 aliphatic carbocycles. The number of rotatable bonds is 5. The van der Waals surface area contributed by atoms with E-state index in [4.69, 9.17) is 0 Å². The van der Waals surface area contributed by atoms with Crippen LogP contribution in [0.2, 0.25) is 0 Å². The van der Waals surface area contributed by atoms with E-state index >= 15 is 0 Å². The minimum Gasteiger partial charge on any atom is -0.335 e. The van der Waals surface area contributed by atoms with Crippen LogP contribution in [0.5, 0.6) is 0 Å². The first-order valence-corrected chi connectivity index (χ1v) is 8.77. The molecule has 1 amide bonds. The van der Waals surface area contributed by atoms with Gasteiger partial charge in [0.15, 0.2) is 0 Å². The van der Waals surface area contributed by atoms with Gasteiger partial charge in [-0.25, -0.2) is 4.39 Å². The first-order chi connectivity index (χ1) is 12.1. The number of hydrogen-bond acceptors (Lipinski definition) is 3.